The summed E-state index contributed by atoms with van der Waals surface area (Å²) in [4.78, 5) is 0. The van der Waals surface area contributed by atoms with Crippen molar-refractivity contribution in [1.82, 2.24) is 5.32 Å². The van der Waals surface area contributed by atoms with Gasteiger partial charge in [-0.05, 0) is 67.7 Å². The molecule has 4 heteroatoms. The highest BCUT2D eigenvalue weighted by Gasteiger charge is 2.12. The van der Waals surface area contributed by atoms with Gasteiger partial charge in [-0.15, -0.1) is 0 Å². The second-order valence-corrected chi connectivity index (χ2v) is 6.96. The Balaban J connectivity index is 2.11. The number of nitrogens with one attached hydrogen (secondary N) is 1. The van der Waals surface area contributed by atoms with E-state index < -0.39 is 0 Å². The van der Waals surface area contributed by atoms with E-state index >= 15 is 0 Å². The molecule has 0 aromatic heterocycles. The average molecular weight is 387 g/mol. The fourth-order valence-electron chi connectivity index (χ4n) is 2.50. The number of halogens is 3. The number of hydrogen-bond donors (Lipinski definition) is 1. The van der Waals surface area contributed by atoms with Crippen molar-refractivity contribution in [2.24, 2.45) is 5.92 Å². The van der Waals surface area contributed by atoms with Crippen LogP contribution in [0.4, 0.5) is 0 Å². The van der Waals surface area contributed by atoms with Crippen LogP contribution in [-0.4, -0.2) is 13.6 Å². The van der Waals surface area contributed by atoms with Crippen LogP contribution in [0, 0.1) is 5.92 Å². The quantitative estimate of drug-likeness (QED) is 0.702. The first-order valence-electron chi connectivity index (χ1n) is 6.91. The van der Waals surface area contributed by atoms with Crippen molar-refractivity contribution >= 4 is 39.1 Å². The summed E-state index contributed by atoms with van der Waals surface area (Å²) in [6.45, 7) is 0.943. The number of benzene rings is 2. The maximum absolute atomic E-state index is 6.33. The summed E-state index contributed by atoms with van der Waals surface area (Å²) in [5.41, 5.74) is 2.44. The standard InChI is InChI=1S/C17H18BrCl2N/c1-21-11-13(7-12-3-2-4-16(19)9-12)8-14-5-6-15(18)10-17(14)20/h2-6,9-10,13,21H,7-8,11H2,1H3. The smallest absolute Gasteiger partial charge is 0.0449 e. The van der Waals surface area contributed by atoms with E-state index in [4.69, 9.17) is 23.2 Å². The zero-order chi connectivity index (χ0) is 15.2. The van der Waals surface area contributed by atoms with Gasteiger partial charge in [-0.1, -0.05) is 57.3 Å². The molecule has 0 radical (unpaired) electrons. The molecule has 1 unspecified atom stereocenters. The molecule has 2 aromatic carbocycles. The van der Waals surface area contributed by atoms with Crippen molar-refractivity contribution < 1.29 is 0 Å². The highest BCUT2D eigenvalue weighted by Crippen LogP contribution is 2.25. The van der Waals surface area contributed by atoms with Crippen molar-refractivity contribution in [3.8, 4) is 0 Å². The summed E-state index contributed by atoms with van der Waals surface area (Å²) in [5, 5.41) is 4.87. The van der Waals surface area contributed by atoms with Crippen LogP contribution in [0.2, 0.25) is 10.0 Å². The van der Waals surface area contributed by atoms with Crippen LogP contribution in [-0.2, 0) is 12.8 Å². The molecule has 0 aliphatic heterocycles. The molecule has 0 aliphatic rings. The van der Waals surface area contributed by atoms with Gasteiger partial charge in [-0.3, -0.25) is 0 Å². The lowest BCUT2D eigenvalue weighted by molar-refractivity contribution is 0.493. The molecule has 0 heterocycles. The molecule has 0 spiro atoms. The molecule has 1 nitrogen and oxygen atoms in total. The first kappa shape index (κ1) is 16.8. The van der Waals surface area contributed by atoms with Gasteiger partial charge in [0.05, 0.1) is 0 Å². The van der Waals surface area contributed by atoms with Crippen molar-refractivity contribution in [2.75, 3.05) is 13.6 Å². The molecule has 0 aliphatic carbocycles. The van der Waals surface area contributed by atoms with E-state index in [0.717, 1.165) is 33.9 Å². The van der Waals surface area contributed by atoms with Gasteiger partial charge in [0.25, 0.3) is 0 Å². The zero-order valence-electron chi connectivity index (χ0n) is 11.9. The SMILES string of the molecule is CNCC(Cc1cccc(Cl)c1)Cc1ccc(Br)cc1Cl. The number of hydrogen-bond acceptors (Lipinski definition) is 1. The van der Waals surface area contributed by atoms with Gasteiger partial charge in [0, 0.05) is 14.5 Å². The third-order valence-electron chi connectivity index (χ3n) is 3.43. The average Bonchev–Trinajstić information content (AvgIpc) is 2.42. The predicted molar refractivity (Wildman–Crippen MR) is 95.4 cm³/mol. The summed E-state index contributed by atoms with van der Waals surface area (Å²) in [7, 11) is 1.98. The molecule has 1 atom stereocenters. The van der Waals surface area contributed by atoms with Crippen LogP contribution in [0.1, 0.15) is 11.1 Å². The molecule has 0 bridgehead atoms. The van der Waals surface area contributed by atoms with Crippen molar-refractivity contribution in [3.05, 3.63) is 68.1 Å². The minimum atomic E-state index is 0.479. The van der Waals surface area contributed by atoms with E-state index in [1.54, 1.807) is 0 Å². The van der Waals surface area contributed by atoms with Crippen molar-refractivity contribution in [2.45, 2.75) is 12.8 Å². The van der Waals surface area contributed by atoms with Gasteiger partial charge in [-0.25, -0.2) is 0 Å². The van der Waals surface area contributed by atoms with Crippen LogP contribution in [0.25, 0.3) is 0 Å². The zero-order valence-corrected chi connectivity index (χ0v) is 15.0. The molecule has 112 valence electrons. The summed E-state index contributed by atoms with van der Waals surface area (Å²) in [6, 6.07) is 14.1. The fraction of sp³-hybridized carbons (Fsp3) is 0.294. The molecule has 2 rings (SSSR count). The van der Waals surface area contributed by atoms with E-state index in [2.05, 4.69) is 33.4 Å². The topological polar surface area (TPSA) is 12.0 Å². The molecule has 0 saturated carbocycles. The monoisotopic (exact) mass is 385 g/mol. The Labute approximate surface area is 144 Å². The van der Waals surface area contributed by atoms with E-state index in [1.807, 2.05) is 37.4 Å². The minimum Gasteiger partial charge on any atom is -0.319 e. The molecule has 1 N–H and O–H groups in total. The van der Waals surface area contributed by atoms with Gasteiger partial charge in [0.1, 0.15) is 0 Å². The minimum absolute atomic E-state index is 0.479. The third-order valence-corrected chi connectivity index (χ3v) is 4.51. The van der Waals surface area contributed by atoms with E-state index in [-0.39, 0.29) is 0 Å². The molecular formula is C17H18BrCl2N. The molecule has 0 amide bonds. The lowest BCUT2D eigenvalue weighted by Gasteiger charge is -2.18. The van der Waals surface area contributed by atoms with Crippen LogP contribution in [0.5, 0.6) is 0 Å². The highest BCUT2D eigenvalue weighted by molar-refractivity contribution is 9.10. The van der Waals surface area contributed by atoms with Crippen LogP contribution in [0.15, 0.2) is 46.9 Å². The maximum atomic E-state index is 6.33. The van der Waals surface area contributed by atoms with Gasteiger partial charge >= 0.3 is 0 Å². The lowest BCUT2D eigenvalue weighted by Crippen LogP contribution is -2.23. The van der Waals surface area contributed by atoms with Crippen molar-refractivity contribution in [3.63, 3.8) is 0 Å². The second-order valence-electron chi connectivity index (χ2n) is 5.20. The molecular weight excluding hydrogens is 369 g/mol. The van der Waals surface area contributed by atoms with Gasteiger partial charge < -0.3 is 5.32 Å². The maximum Gasteiger partial charge on any atom is 0.0449 e. The summed E-state index contributed by atoms with van der Waals surface area (Å²) >= 11 is 15.8. The van der Waals surface area contributed by atoms with E-state index in [1.165, 1.54) is 11.1 Å². The highest BCUT2D eigenvalue weighted by atomic mass is 79.9. The molecule has 0 fully saturated rings. The largest absolute Gasteiger partial charge is 0.319 e. The number of rotatable bonds is 6. The van der Waals surface area contributed by atoms with Gasteiger partial charge in [0.15, 0.2) is 0 Å². The Morgan fingerprint density at radius 2 is 1.90 bits per heavy atom. The second kappa shape index (κ2) is 8.19. The summed E-state index contributed by atoms with van der Waals surface area (Å²) in [5.74, 6) is 0.479. The predicted octanol–water partition coefficient (Wildman–Crippen LogP) is 5.38. The Bertz CT molecular complexity index is 601. The van der Waals surface area contributed by atoms with Crippen LogP contribution < -0.4 is 5.32 Å². The first-order valence-corrected chi connectivity index (χ1v) is 8.46. The molecule has 21 heavy (non-hydrogen) atoms. The van der Waals surface area contributed by atoms with Crippen molar-refractivity contribution in [1.29, 1.82) is 0 Å². The normalized spacial score (nSPS) is 12.4. The van der Waals surface area contributed by atoms with Crippen LogP contribution >= 0.6 is 39.1 Å². The Kier molecular flexibility index (Phi) is 6.56. The third kappa shape index (κ3) is 5.30. The Morgan fingerprint density at radius 3 is 2.57 bits per heavy atom. The van der Waals surface area contributed by atoms with Crippen LogP contribution in [0.3, 0.4) is 0 Å². The summed E-state index contributed by atoms with van der Waals surface area (Å²) < 4.78 is 1.01. The summed E-state index contributed by atoms with van der Waals surface area (Å²) in [6.07, 6.45) is 1.92. The Morgan fingerprint density at radius 1 is 1.10 bits per heavy atom. The first-order chi connectivity index (χ1) is 10.1. The Hall–Kier alpha value is -0.540. The lowest BCUT2D eigenvalue weighted by atomic mass is 9.92. The molecule has 0 saturated heterocycles. The van der Waals surface area contributed by atoms with E-state index in [0.29, 0.717) is 5.92 Å². The fourth-order valence-corrected chi connectivity index (χ4v) is 3.46. The van der Waals surface area contributed by atoms with Gasteiger partial charge in [-0.2, -0.15) is 0 Å². The van der Waals surface area contributed by atoms with E-state index in [9.17, 15) is 0 Å². The van der Waals surface area contributed by atoms with Gasteiger partial charge in [0.2, 0.25) is 0 Å². The molecule has 2 aromatic rings.